The predicted molar refractivity (Wildman–Crippen MR) is 78.1 cm³/mol. The van der Waals surface area contributed by atoms with E-state index in [0.29, 0.717) is 5.46 Å². The molecule has 1 atom stereocenters. The van der Waals surface area contributed by atoms with Crippen LogP contribution < -0.4 is 11.2 Å². The second-order valence-corrected chi connectivity index (χ2v) is 6.88. The minimum absolute atomic E-state index is 0.554. The van der Waals surface area contributed by atoms with Gasteiger partial charge in [-0.05, 0) is 41.5 Å². The number of hydrogen-bond acceptors (Lipinski definition) is 6. The van der Waals surface area contributed by atoms with E-state index in [1.165, 1.54) is 12.4 Å². The van der Waals surface area contributed by atoms with E-state index in [0.717, 1.165) is 4.68 Å². The molecule has 2 heterocycles. The van der Waals surface area contributed by atoms with Crippen molar-refractivity contribution in [3.05, 3.63) is 12.4 Å². The zero-order valence-electron chi connectivity index (χ0n) is 13.3. The summed E-state index contributed by atoms with van der Waals surface area (Å²) in [6, 6.07) is 0. The fourth-order valence-corrected chi connectivity index (χ4v) is 1.78. The number of nitrogens with two attached hydrogens (primary N) is 1. The third kappa shape index (κ3) is 3.28. The first kappa shape index (κ1) is 16.0. The van der Waals surface area contributed by atoms with Crippen LogP contribution in [0, 0.1) is 0 Å². The van der Waals surface area contributed by atoms with Crippen molar-refractivity contribution >= 4 is 18.7 Å². The van der Waals surface area contributed by atoms with Crippen molar-refractivity contribution in [3.63, 3.8) is 0 Å². The van der Waals surface area contributed by atoms with Gasteiger partial charge in [-0.2, -0.15) is 9.78 Å². The summed E-state index contributed by atoms with van der Waals surface area (Å²) in [6.07, 6.45) is 2.48. The molecular weight excluding hydrogens is 273 g/mol. The lowest BCUT2D eigenvalue weighted by Gasteiger charge is -2.31. The molecule has 1 unspecified atom stereocenters. The van der Waals surface area contributed by atoms with Gasteiger partial charge in [0.2, 0.25) is 0 Å². The number of hydrogen-bond donors (Lipinski definition) is 1. The molecule has 1 aliphatic rings. The van der Waals surface area contributed by atoms with Gasteiger partial charge in [0.1, 0.15) is 11.3 Å². The molecule has 7 nitrogen and oxygen atoms in total. The van der Waals surface area contributed by atoms with Crippen LogP contribution in [0.25, 0.3) is 0 Å². The fraction of sp³-hybridized carbons (Fsp3) is 0.692. The number of aromatic nitrogens is 2. The summed E-state index contributed by atoms with van der Waals surface area (Å²) in [6.45, 7) is 10.8. The van der Waals surface area contributed by atoms with Gasteiger partial charge < -0.3 is 19.8 Å². The van der Waals surface area contributed by atoms with Gasteiger partial charge in [0.15, 0.2) is 0 Å². The zero-order valence-corrected chi connectivity index (χ0v) is 13.3. The Morgan fingerprint density at radius 1 is 1.38 bits per heavy atom. The van der Waals surface area contributed by atoms with Crippen molar-refractivity contribution in [3.8, 4) is 0 Å². The van der Waals surface area contributed by atoms with E-state index in [2.05, 4.69) is 5.10 Å². The Labute approximate surface area is 124 Å². The Kier molecular flexibility index (Phi) is 3.68. The van der Waals surface area contributed by atoms with Crippen LogP contribution >= 0.6 is 0 Å². The largest absolute Gasteiger partial charge is 0.499 e. The Morgan fingerprint density at radius 3 is 2.48 bits per heavy atom. The lowest BCUT2D eigenvalue weighted by molar-refractivity contribution is -0.00411. The van der Waals surface area contributed by atoms with Gasteiger partial charge in [-0.15, -0.1) is 0 Å². The number of ether oxygens (including phenoxy) is 1. The van der Waals surface area contributed by atoms with E-state index >= 15 is 0 Å². The Balaban J connectivity index is 2.13. The normalized spacial score (nSPS) is 25.2. The summed E-state index contributed by atoms with van der Waals surface area (Å²) < 4.78 is 17.8. The number of carbonyl (C=O) groups is 1. The maximum atomic E-state index is 11.9. The van der Waals surface area contributed by atoms with Crippen molar-refractivity contribution in [2.75, 3.05) is 0 Å². The summed E-state index contributed by atoms with van der Waals surface area (Å²) in [5.74, 6) is 0. The first-order chi connectivity index (χ1) is 9.41. The van der Waals surface area contributed by atoms with Crippen molar-refractivity contribution in [1.82, 2.24) is 9.78 Å². The highest BCUT2D eigenvalue weighted by atomic mass is 16.7. The van der Waals surface area contributed by atoms with E-state index in [4.69, 9.17) is 19.8 Å². The number of nitrogens with zero attached hydrogens (tertiary/aromatic N) is 2. The summed E-state index contributed by atoms with van der Waals surface area (Å²) >= 11 is 0. The topological polar surface area (TPSA) is 88.6 Å². The summed E-state index contributed by atoms with van der Waals surface area (Å²) in [5, 5.41) is 3.98. The average Bonchev–Trinajstić information content (AvgIpc) is 2.80. The van der Waals surface area contributed by atoms with Crippen LogP contribution in [0.5, 0.6) is 0 Å². The third-order valence-corrected chi connectivity index (χ3v) is 3.40. The highest BCUT2D eigenvalue weighted by molar-refractivity contribution is 6.62. The maximum Gasteiger partial charge on any atom is 0.499 e. The molecule has 1 saturated heterocycles. The molecule has 0 aromatic carbocycles. The molecule has 1 aromatic heterocycles. The van der Waals surface area contributed by atoms with Crippen LogP contribution in [0.15, 0.2) is 12.4 Å². The first-order valence-electron chi connectivity index (χ1n) is 6.84. The monoisotopic (exact) mass is 295 g/mol. The summed E-state index contributed by atoms with van der Waals surface area (Å²) in [4.78, 5) is 11.9. The second kappa shape index (κ2) is 4.83. The van der Waals surface area contributed by atoms with E-state index < -0.39 is 30.1 Å². The van der Waals surface area contributed by atoms with Crippen LogP contribution in [-0.2, 0) is 14.0 Å². The fourth-order valence-electron chi connectivity index (χ4n) is 1.78. The lowest BCUT2D eigenvalue weighted by atomic mass is 9.82. The Hall–Kier alpha value is -1.38. The number of carbonyl (C=O) groups excluding carboxylic acids is 1. The molecule has 0 bridgehead atoms. The minimum atomic E-state index is -0.925. The van der Waals surface area contributed by atoms with Crippen molar-refractivity contribution in [2.45, 2.75) is 58.5 Å². The quantitative estimate of drug-likeness (QED) is 0.773. The molecule has 1 aliphatic heterocycles. The van der Waals surface area contributed by atoms with Gasteiger partial charge in [-0.3, -0.25) is 0 Å². The SMILES string of the molecule is CC(C)(C)OC(=O)n1cc(B2OC(C)(C)C(C)(N)O2)cn1. The highest BCUT2D eigenvalue weighted by Gasteiger charge is 2.53. The smallest absolute Gasteiger partial charge is 0.442 e. The van der Waals surface area contributed by atoms with E-state index in [1.807, 2.05) is 13.8 Å². The molecule has 8 heteroatoms. The molecule has 0 aliphatic carbocycles. The molecule has 116 valence electrons. The molecule has 0 amide bonds. The van der Waals surface area contributed by atoms with Gasteiger partial charge in [0.25, 0.3) is 0 Å². The molecular formula is C13H22BN3O4. The van der Waals surface area contributed by atoms with Crippen molar-refractivity contribution < 1.29 is 18.8 Å². The maximum absolute atomic E-state index is 11.9. The van der Waals surface area contributed by atoms with Gasteiger partial charge in [-0.25, -0.2) is 4.79 Å². The van der Waals surface area contributed by atoms with E-state index in [1.54, 1.807) is 27.7 Å². The van der Waals surface area contributed by atoms with Crippen LogP contribution in [0.1, 0.15) is 41.5 Å². The molecule has 2 N–H and O–H groups in total. The van der Waals surface area contributed by atoms with Gasteiger partial charge in [-0.1, -0.05) is 0 Å². The Bertz CT molecular complexity index is 532. The lowest BCUT2D eigenvalue weighted by Crippen LogP contribution is -2.52. The molecule has 2 rings (SSSR count). The van der Waals surface area contributed by atoms with E-state index in [9.17, 15) is 4.79 Å². The first-order valence-corrected chi connectivity index (χ1v) is 6.84. The van der Waals surface area contributed by atoms with Gasteiger partial charge >= 0.3 is 13.2 Å². The third-order valence-electron chi connectivity index (χ3n) is 3.40. The summed E-state index contributed by atoms with van der Waals surface area (Å²) in [5.41, 5.74) is 4.53. The van der Waals surface area contributed by atoms with E-state index in [-0.39, 0.29) is 0 Å². The number of rotatable bonds is 1. The Morgan fingerprint density at radius 2 is 2.00 bits per heavy atom. The van der Waals surface area contributed by atoms with Crippen LogP contribution in [0.3, 0.4) is 0 Å². The molecule has 0 saturated carbocycles. The van der Waals surface area contributed by atoms with Crippen molar-refractivity contribution in [2.24, 2.45) is 5.73 Å². The predicted octanol–water partition coefficient (Wildman–Crippen LogP) is 0.862. The molecule has 1 fully saturated rings. The van der Waals surface area contributed by atoms with Crippen LogP contribution in [0.4, 0.5) is 4.79 Å². The summed E-state index contributed by atoms with van der Waals surface area (Å²) in [7, 11) is -0.661. The molecule has 1 aromatic rings. The molecule has 0 spiro atoms. The molecule has 0 radical (unpaired) electrons. The van der Waals surface area contributed by atoms with Gasteiger partial charge in [0, 0.05) is 17.9 Å². The molecule has 21 heavy (non-hydrogen) atoms. The second-order valence-electron chi connectivity index (χ2n) is 6.88. The highest BCUT2D eigenvalue weighted by Crippen LogP contribution is 2.32. The van der Waals surface area contributed by atoms with Crippen LogP contribution in [0.2, 0.25) is 0 Å². The minimum Gasteiger partial charge on any atom is -0.442 e. The van der Waals surface area contributed by atoms with Crippen molar-refractivity contribution in [1.29, 1.82) is 0 Å². The van der Waals surface area contributed by atoms with Gasteiger partial charge in [0.05, 0.1) is 5.60 Å². The average molecular weight is 295 g/mol. The zero-order chi connectivity index (χ0) is 16.1. The standard InChI is InChI=1S/C13H22BN3O4/c1-11(2,3)19-10(18)17-8-9(7-16-17)14-20-12(4,5)13(6,15)21-14/h7-8H,15H2,1-6H3. The van der Waals surface area contributed by atoms with Crippen LogP contribution in [-0.4, -0.2) is 39.9 Å².